The van der Waals surface area contributed by atoms with Crippen LogP contribution in [0.15, 0.2) is 10.6 Å². The number of carbonyl (C=O) groups excluding carboxylic acids is 1. The smallest absolute Gasteiger partial charge is 0.353 e. The van der Waals surface area contributed by atoms with Gasteiger partial charge in [-0.2, -0.15) is 0 Å². The topological polar surface area (TPSA) is 122 Å². The fourth-order valence-corrected chi connectivity index (χ4v) is 6.73. The van der Waals surface area contributed by atoms with Crippen LogP contribution in [0.1, 0.15) is 26.7 Å². The van der Waals surface area contributed by atoms with E-state index in [4.69, 9.17) is 0 Å². The molecule has 4 rings (SSSR count). The van der Waals surface area contributed by atoms with Crippen molar-refractivity contribution in [2.75, 3.05) is 19.6 Å². The summed E-state index contributed by atoms with van der Waals surface area (Å²) < 4.78 is 0. The standard InChI is InChI=1S/C19H29N3O5S.HI/c1-8-14-13(9(2)23)18(25)22(14)15(19(26)27)17(8)28-11-5-12(21-7-11)16(24)10-3-4-20-6-10;/h8-14,16,20-21,23-24H,3-7H2,1-2H3,(H,26,27);1H/t8-,9-,10-,11+,12+,13-,14-,16-;/m1./s1. The molecule has 0 saturated carbocycles. The van der Waals surface area contributed by atoms with Gasteiger partial charge in [0.25, 0.3) is 0 Å². The first kappa shape index (κ1) is 23.3. The Labute approximate surface area is 191 Å². The minimum Gasteiger partial charge on any atom is -0.477 e. The van der Waals surface area contributed by atoms with Gasteiger partial charge in [-0.1, -0.05) is 6.92 Å². The van der Waals surface area contributed by atoms with Crippen LogP contribution in [0.5, 0.6) is 0 Å². The van der Waals surface area contributed by atoms with E-state index in [9.17, 15) is 24.9 Å². The Kier molecular flexibility index (Phi) is 7.22. The molecule has 164 valence electrons. The van der Waals surface area contributed by atoms with Gasteiger partial charge in [0, 0.05) is 41.1 Å². The number of β-lactam (4-membered cyclic amide) rings is 1. The Morgan fingerprint density at radius 1 is 1.31 bits per heavy atom. The summed E-state index contributed by atoms with van der Waals surface area (Å²) in [5.41, 5.74) is 0.0772. The van der Waals surface area contributed by atoms with Crippen LogP contribution in [0.2, 0.25) is 0 Å². The molecule has 4 heterocycles. The number of aliphatic hydroxyl groups excluding tert-OH is 2. The molecule has 29 heavy (non-hydrogen) atoms. The molecule has 8 atom stereocenters. The minimum atomic E-state index is -1.09. The number of aliphatic hydroxyl groups is 2. The van der Waals surface area contributed by atoms with Crippen molar-refractivity contribution >= 4 is 47.6 Å². The van der Waals surface area contributed by atoms with E-state index < -0.39 is 24.1 Å². The van der Waals surface area contributed by atoms with Gasteiger partial charge in [-0.05, 0) is 26.3 Å². The second-order valence-corrected chi connectivity index (χ2v) is 9.85. The maximum absolute atomic E-state index is 12.4. The van der Waals surface area contributed by atoms with Crippen molar-refractivity contribution in [3.05, 3.63) is 10.6 Å². The third-order valence-electron chi connectivity index (χ3n) is 6.72. The molecule has 4 aliphatic heterocycles. The van der Waals surface area contributed by atoms with Crippen molar-refractivity contribution < 1.29 is 24.9 Å². The Bertz CT molecular complexity index is 699. The van der Waals surface area contributed by atoms with E-state index in [0.717, 1.165) is 30.8 Å². The molecule has 3 saturated heterocycles. The highest BCUT2D eigenvalue weighted by Crippen LogP contribution is 2.51. The number of halogens is 1. The summed E-state index contributed by atoms with van der Waals surface area (Å²) in [7, 11) is 0. The monoisotopic (exact) mass is 539 g/mol. The Balaban J connectivity index is 0.00000240. The maximum Gasteiger partial charge on any atom is 0.353 e. The van der Waals surface area contributed by atoms with Crippen LogP contribution in [0.4, 0.5) is 0 Å². The highest BCUT2D eigenvalue weighted by atomic mass is 127. The molecular weight excluding hydrogens is 509 g/mol. The van der Waals surface area contributed by atoms with E-state index in [2.05, 4.69) is 10.6 Å². The zero-order valence-electron chi connectivity index (χ0n) is 16.6. The number of aliphatic carboxylic acids is 1. The van der Waals surface area contributed by atoms with Crippen LogP contribution in [-0.2, 0) is 9.59 Å². The molecular formula is C19H30IN3O5S. The maximum atomic E-state index is 12.4. The molecule has 10 heteroatoms. The fraction of sp³-hybridized carbons (Fsp3) is 0.789. The van der Waals surface area contributed by atoms with Gasteiger partial charge in [0.2, 0.25) is 5.91 Å². The predicted molar refractivity (Wildman–Crippen MR) is 120 cm³/mol. The number of hydrogen-bond acceptors (Lipinski definition) is 7. The van der Waals surface area contributed by atoms with E-state index in [0.29, 0.717) is 6.54 Å². The van der Waals surface area contributed by atoms with Gasteiger partial charge in [-0.3, -0.25) is 4.79 Å². The van der Waals surface area contributed by atoms with Crippen molar-refractivity contribution in [2.24, 2.45) is 17.8 Å². The summed E-state index contributed by atoms with van der Waals surface area (Å²) >= 11 is 1.52. The number of amides is 1. The van der Waals surface area contributed by atoms with Gasteiger partial charge in [-0.25, -0.2) is 4.79 Å². The first-order chi connectivity index (χ1) is 13.3. The predicted octanol–water partition coefficient (Wildman–Crippen LogP) is 0.192. The lowest BCUT2D eigenvalue weighted by Crippen LogP contribution is -2.63. The first-order valence-electron chi connectivity index (χ1n) is 10.1. The number of hydrogen-bond donors (Lipinski definition) is 5. The van der Waals surface area contributed by atoms with Crippen LogP contribution in [0, 0.1) is 17.8 Å². The van der Waals surface area contributed by atoms with Crippen LogP contribution in [-0.4, -0.2) is 81.3 Å². The number of nitrogens with one attached hydrogen (secondary N) is 2. The van der Waals surface area contributed by atoms with Crippen molar-refractivity contribution in [1.29, 1.82) is 0 Å². The molecule has 8 nitrogen and oxygen atoms in total. The molecule has 0 spiro atoms. The van der Waals surface area contributed by atoms with Crippen molar-refractivity contribution in [2.45, 2.75) is 56.2 Å². The largest absolute Gasteiger partial charge is 0.477 e. The molecule has 0 radical (unpaired) electrons. The number of carbonyl (C=O) groups is 2. The first-order valence-corrected chi connectivity index (χ1v) is 11.0. The SMILES string of the molecule is C[C@@H](O)[C@H]1C(=O)N2C(C(=O)O)=C(S[C@@H]3CN[C@H]([C@H](O)[C@@H]4CCNC4)C3)[C@H](C)[C@H]12.I. The van der Waals surface area contributed by atoms with Gasteiger partial charge in [-0.15, -0.1) is 35.7 Å². The normalized spacial score (nSPS) is 38.5. The zero-order chi connectivity index (χ0) is 20.2. The molecule has 4 aliphatic rings. The van der Waals surface area contributed by atoms with E-state index in [-0.39, 0.29) is 64.8 Å². The van der Waals surface area contributed by atoms with E-state index in [1.54, 1.807) is 6.92 Å². The second-order valence-electron chi connectivity index (χ2n) is 8.51. The van der Waals surface area contributed by atoms with E-state index in [1.165, 1.54) is 16.7 Å². The highest BCUT2D eigenvalue weighted by molar-refractivity contribution is 14.0. The Hall–Kier alpha value is -0.400. The molecule has 3 fully saturated rings. The number of carboxylic acid groups (broad SMARTS) is 1. The summed E-state index contributed by atoms with van der Waals surface area (Å²) in [6.45, 7) is 6.00. The second kappa shape index (κ2) is 8.99. The van der Waals surface area contributed by atoms with Crippen LogP contribution in [0.25, 0.3) is 0 Å². The molecule has 0 unspecified atom stereocenters. The number of carboxylic acids is 1. The van der Waals surface area contributed by atoms with Crippen molar-refractivity contribution in [1.82, 2.24) is 15.5 Å². The fourth-order valence-electron chi connectivity index (χ4n) is 5.24. The number of fused-ring (bicyclic) bond motifs is 1. The van der Waals surface area contributed by atoms with Crippen LogP contribution < -0.4 is 10.6 Å². The van der Waals surface area contributed by atoms with E-state index in [1.807, 2.05) is 6.92 Å². The molecule has 5 N–H and O–H groups in total. The third-order valence-corrected chi connectivity index (χ3v) is 8.23. The average molecular weight is 539 g/mol. The van der Waals surface area contributed by atoms with E-state index >= 15 is 0 Å². The zero-order valence-corrected chi connectivity index (χ0v) is 19.7. The molecule has 1 amide bonds. The van der Waals surface area contributed by atoms with Crippen molar-refractivity contribution in [3.63, 3.8) is 0 Å². The molecule has 0 aromatic carbocycles. The summed E-state index contributed by atoms with van der Waals surface area (Å²) in [6, 6.07) is -0.265. The summed E-state index contributed by atoms with van der Waals surface area (Å²) in [5.74, 6) is -1.78. The van der Waals surface area contributed by atoms with Gasteiger partial charge in [0.15, 0.2) is 0 Å². The number of rotatable bonds is 6. The minimum absolute atomic E-state index is 0. The molecule has 0 bridgehead atoms. The lowest BCUT2D eigenvalue weighted by Gasteiger charge is -2.46. The Morgan fingerprint density at radius 3 is 2.62 bits per heavy atom. The number of thioether (sulfide) groups is 1. The lowest BCUT2D eigenvalue weighted by atomic mass is 9.79. The number of nitrogens with zero attached hydrogens (tertiary/aromatic N) is 1. The molecule has 0 aromatic rings. The van der Waals surface area contributed by atoms with Gasteiger partial charge >= 0.3 is 5.97 Å². The van der Waals surface area contributed by atoms with Gasteiger partial charge in [0.05, 0.1) is 24.2 Å². The third kappa shape index (κ3) is 3.96. The van der Waals surface area contributed by atoms with Gasteiger partial charge < -0.3 is 30.9 Å². The van der Waals surface area contributed by atoms with Crippen LogP contribution >= 0.6 is 35.7 Å². The highest BCUT2D eigenvalue weighted by Gasteiger charge is 2.60. The van der Waals surface area contributed by atoms with Crippen LogP contribution in [0.3, 0.4) is 0 Å². The summed E-state index contributed by atoms with van der Waals surface area (Å²) in [6.07, 6.45) is 0.547. The molecule has 0 aliphatic carbocycles. The summed E-state index contributed by atoms with van der Waals surface area (Å²) in [5, 5.41) is 37.2. The average Bonchev–Trinajstić information content (AvgIpc) is 3.35. The quantitative estimate of drug-likeness (QED) is 0.240. The summed E-state index contributed by atoms with van der Waals surface area (Å²) in [4.78, 5) is 26.4. The molecule has 0 aromatic heterocycles. The Morgan fingerprint density at radius 2 is 2.03 bits per heavy atom. The lowest BCUT2D eigenvalue weighted by molar-refractivity contribution is -0.163. The van der Waals surface area contributed by atoms with Gasteiger partial charge in [0.1, 0.15) is 5.70 Å². The van der Waals surface area contributed by atoms with Crippen molar-refractivity contribution in [3.8, 4) is 0 Å².